The molecule has 7 rings (SSSR count). The van der Waals surface area contributed by atoms with Gasteiger partial charge in [-0.05, 0) is 68.1 Å². The van der Waals surface area contributed by atoms with Gasteiger partial charge in [-0.2, -0.15) is 10.1 Å². The first-order valence-electron chi connectivity index (χ1n) is 16.0. The van der Waals surface area contributed by atoms with Crippen molar-refractivity contribution in [3.05, 3.63) is 92.6 Å². The Bertz CT molecular complexity index is 1910. The van der Waals surface area contributed by atoms with Crippen molar-refractivity contribution in [2.45, 2.75) is 88.9 Å². The van der Waals surface area contributed by atoms with Gasteiger partial charge in [-0.3, -0.25) is 18.9 Å². The van der Waals surface area contributed by atoms with Gasteiger partial charge in [-0.15, -0.1) is 0 Å². The van der Waals surface area contributed by atoms with Gasteiger partial charge in [0.25, 0.3) is 5.56 Å². The van der Waals surface area contributed by atoms with Gasteiger partial charge in [0.15, 0.2) is 5.82 Å². The summed E-state index contributed by atoms with van der Waals surface area (Å²) in [4.78, 5) is 33.1. The van der Waals surface area contributed by atoms with Crippen LogP contribution in [0.15, 0.2) is 69.0 Å². The quantitative estimate of drug-likeness (QED) is 0.214. The van der Waals surface area contributed by atoms with E-state index in [4.69, 9.17) is 9.26 Å². The molecule has 5 aromatic rings. The first-order valence-corrected chi connectivity index (χ1v) is 16.0. The van der Waals surface area contributed by atoms with Crippen molar-refractivity contribution >= 4 is 57.2 Å². The summed E-state index contributed by atoms with van der Waals surface area (Å²) in [7, 11) is 0. The summed E-state index contributed by atoms with van der Waals surface area (Å²) in [5, 5.41) is 18.9. The number of aryl methyl sites for hydroxylation is 1. The zero-order valence-electron chi connectivity index (χ0n) is 25.4. The fourth-order valence-electron chi connectivity index (χ4n) is 6.84. The van der Waals surface area contributed by atoms with Gasteiger partial charge in [0.2, 0.25) is 5.78 Å². The van der Waals surface area contributed by atoms with E-state index in [1.807, 2.05) is 57.6 Å². The number of nitrogens with zero attached hydrogens (tertiary/aromatic N) is 5. The zero-order valence-corrected chi connectivity index (χ0v) is 25.4. The molecule has 12 heteroatoms. The predicted octanol–water partition coefficient (Wildman–Crippen LogP) is 4.21. The van der Waals surface area contributed by atoms with Crippen molar-refractivity contribution in [3.8, 4) is 22.5 Å². The number of nitrogens with one attached hydrogen (secondary N) is 1. The van der Waals surface area contributed by atoms with Gasteiger partial charge in [0.05, 0.1) is 24.0 Å². The predicted molar refractivity (Wildman–Crippen MR) is 175 cm³/mol. The summed E-state index contributed by atoms with van der Waals surface area (Å²) in [5.74, 6) is 0.373. The zero-order chi connectivity index (χ0) is 31.0. The summed E-state index contributed by atoms with van der Waals surface area (Å²) in [6.45, 7) is 2.50. The van der Waals surface area contributed by atoms with Crippen molar-refractivity contribution in [2.24, 2.45) is 0 Å². The van der Waals surface area contributed by atoms with Crippen LogP contribution in [0.3, 0.4) is 0 Å². The Balaban J connectivity index is 0.00000372. The van der Waals surface area contributed by atoms with Crippen LogP contribution in [-0.2, 0) is 17.6 Å². The van der Waals surface area contributed by atoms with Gasteiger partial charge in [-0.1, -0.05) is 67.0 Å². The second-order valence-corrected chi connectivity index (χ2v) is 12.5. The number of rotatable bonds is 10. The minimum absolute atomic E-state index is 0. The van der Waals surface area contributed by atoms with Crippen LogP contribution >= 0.6 is 0 Å². The van der Waals surface area contributed by atoms with E-state index in [0.29, 0.717) is 24.6 Å². The fourth-order valence-corrected chi connectivity index (χ4v) is 6.84. The third-order valence-corrected chi connectivity index (χ3v) is 9.46. The van der Waals surface area contributed by atoms with E-state index in [0.717, 1.165) is 91.3 Å². The van der Waals surface area contributed by atoms with E-state index in [2.05, 4.69) is 27.1 Å². The maximum atomic E-state index is 14.3. The summed E-state index contributed by atoms with van der Waals surface area (Å²) in [5.41, 5.74) is 4.64. The van der Waals surface area contributed by atoms with E-state index < -0.39 is 11.4 Å². The number of fused-ring (bicyclic) bond motifs is 1. The van der Waals surface area contributed by atoms with Crippen LogP contribution in [0, 0.1) is 0 Å². The number of aromatic amines is 1. The number of hydrogen-bond acceptors (Lipinski definition) is 8. The second-order valence-electron chi connectivity index (χ2n) is 12.5. The van der Waals surface area contributed by atoms with Crippen LogP contribution in [0.2, 0.25) is 0 Å². The Morgan fingerprint density at radius 1 is 1.04 bits per heavy atom. The monoisotopic (exact) mass is 650 g/mol. The molecular weight excluding hydrogens is 612 g/mol. The average molecular weight is 651 g/mol. The molecule has 2 aliphatic rings. The molecule has 0 radical (unpaired) electrons. The number of aliphatic hydroxyl groups is 1. The van der Waals surface area contributed by atoms with Gasteiger partial charge in [-0.25, -0.2) is 9.31 Å². The standard InChI is InChI=1S/C34H38N6O5.K.H/c1-2-6-29-28(19-22-9-11-23(12-10-22)26-7-3-4-8-27(26)30-37-33(42)45-38-30)31(41)39(32-35-21-36-40(29)32)24-13-15-25(16-14-24)44-20-34(43)17-5-18-34;;/h3-4,7-12,21,24-25,43H,2,5-6,13-20H2,1H3,(H,37,38,42);;/t24-,25-;;. The van der Waals surface area contributed by atoms with E-state index in [1.54, 1.807) is 0 Å². The van der Waals surface area contributed by atoms with Gasteiger partial charge < -0.3 is 9.84 Å². The normalized spacial score (nSPS) is 19.1. The molecule has 46 heavy (non-hydrogen) atoms. The molecule has 3 aromatic heterocycles. The summed E-state index contributed by atoms with van der Waals surface area (Å²) >= 11 is 0. The van der Waals surface area contributed by atoms with Crippen molar-refractivity contribution in [3.63, 3.8) is 0 Å². The van der Waals surface area contributed by atoms with E-state index in [9.17, 15) is 14.7 Å². The number of hydrogen-bond donors (Lipinski definition) is 2. The summed E-state index contributed by atoms with van der Waals surface area (Å²) in [6, 6.07) is 15.8. The molecule has 0 spiro atoms. The molecule has 0 saturated heterocycles. The third kappa shape index (κ3) is 6.66. The van der Waals surface area contributed by atoms with Crippen LogP contribution in [0.4, 0.5) is 0 Å². The van der Waals surface area contributed by atoms with E-state index in [1.165, 1.54) is 6.33 Å². The van der Waals surface area contributed by atoms with Crippen LogP contribution in [0.25, 0.3) is 28.3 Å². The van der Waals surface area contributed by atoms with Crippen molar-refractivity contribution < 1.29 is 14.4 Å². The molecule has 0 unspecified atom stereocenters. The van der Waals surface area contributed by atoms with Crippen LogP contribution < -0.4 is 11.3 Å². The Labute approximate surface area is 308 Å². The fraction of sp³-hybridized carbons (Fsp3) is 0.441. The maximum absolute atomic E-state index is 14.3. The average Bonchev–Trinajstić information content (AvgIpc) is 3.71. The third-order valence-electron chi connectivity index (χ3n) is 9.46. The van der Waals surface area contributed by atoms with Gasteiger partial charge in [0, 0.05) is 23.6 Å². The molecule has 11 nitrogen and oxygen atoms in total. The molecule has 236 valence electrons. The Morgan fingerprint density at radius 2 is 1.78 bits per heavy atom. The van der Waals surface area contributed by atoms with Gasteiger partial charge in [0.1, 0.15) is 6.33 Å². The summed E-state index contributed by atoms with van der Waals surface area (Å²) in [6.07, 6.45) is 9.69. The molecule has 2 fully saturated rings. The SMILES string of the molecule is CCCc1c(Cc2ccc(-c3ccccc3-c3noc(=O)[nH]3)cc2)c(=O)n([C@H]2CC[C@H](OCC3(O)CCC3)CC2)c2ncnn12.[KH]. The molecule has 2 aromatic carbocycles. The van der Waals surface area contributed by atoms with Crippen molar-refractivity contribution in [1.29, 1.82) is 0 Å². The number of ether oxygens (including phenoxy) is 1. The van der Waals surface area contributed by atoms with Crippen molar-refractivity contribution in [1.82, 2.24) is 29.3 Å². The molecule has 2 saturated carbocycles. The number of H-pyrrole nitrogens is 1. The molecule has 2 aliphatic carbocycles. The second kappa shape index (κ2) is 14.2. The van der Waals surface area contributed by atoms with Crippen molar-refractivity contribution in [2.75, 3.05) is 6.61 Å². The molecule has 0 amide bonds. The first kappa shape index (κ1) is 33.2. The molecule has 0 atom stereocenters. The molecule has 0 bridgehead atoms. The van der Waals surface area contributed by atoms with Crippen LogP contribution in [-0.4, -0.2) is 104 Å². The molecular formula is C34H39KN6O5. The number of benzene rings is 2. The first-order chi connectivity index (χ1) is 21.9. The van der Waals surface area contributed by atoms with Crippen LogP contribution in [0.5, 0.6) is 0 Å². The van der Waals surface area contributed by atoms with E-state index in [-0.39, 0.29) is 69.1 Å². The Kier molecular flexibility index (Phi) is 10.2. The Hall–Kier alpha value is -2.71. The van der Waals surface area contributed by atoms with E-state index >= 15 is 0 Å². The number of aromatic nitrogens is 6. The molecule has 0 aliphatic heterocycles. The Morgan fingerprint density at radius 3 is 2.43 bits per heavy atom. The van der Waals surface area contributed by atoms with Gasteiger partial charge >= 0.3 is 57.1 Å². The summed E-state index contributed by atoms with van der Waals surface area (Å²) < 4.78 is 14.6. The van der Waals surface area contributed by atoms with Crippen LogP contribution in [0.1, 0.15) is 81.2 Å². The molecule has 3 heterocycles. The molecule has 2 N–H and O–H groups in total. The minimum atomic E-state index is -0.648. The topological polar surface area (TPSA) is 141 Å².